The van der Waals surface area contributed by atoms with Gasteiger partial charge in [-0.15, -0.1) is 0 Å². The van der Waals surface area contributed by atoms with Gasteiger partial charge in [0.2, 0.25) is 0 Å². The van der Waals surface area contributed by atoms with E-state index in [1.54, 1.807) is 0 Å². The maximum atomic E-state index is 4.63. The molecule has 0 spiro atoms. The minimum atomic E-state index is 0.413. The number of anilines is 1. The van der Waals surface area contributed by atoms with Crippen LogP contribution in [0.15, 0.2) is 24.3 Å². The molecule has 0 aliphatic heterocycles. The van der Waals surface area contributed by atoms with Crippen molar-refractivity contribution in [3.05, 3.63) is 35.4 Å². The van der Waals surface area contributed by atoms with E-state index in [1.165, 1.54) is 16.5 Å². The monoisotopic (exact) mass is 214 g/mol. The van der Waals surface area contributed by atoms with Crippen molar-refractivity contribution in [1.29, 1.82) is 0 Å². The van der Waals surface area contributed by atoms with Crippen molar-refractivity contribution in [1.82, 2.24) is 4.98 Å². The molecular formula is C14H18N2. The number of rotatable bonds is 2. The van der Waals surface area contributed by atoms with Gasteiger partial charge in [-0.25, -0.2) is 4.98 Å². The summed E-state index contributed by atoms with van der Waals surface area (Å²) in [5, 5.41) is 4.56. The van der Waals surface area contributed by atoms with Crippen LogP contribution in [0.4, 0.5) is 5.82 Å². The van der Waals surface area contributed by atoms with Crippen LogP contribution in [0.5, 0.6) is 0 Å². The molecule has 2 rings (SSSR count). The van der Waals surface area contributed by atoms with Gasteiger partial charge in [-0.1, -0.05) is 6.07 Å². The average molecular weight is 214 g/mol. The van der Waals surface area contributed by atoms with E-state index < -0.39 is 0 Å². The molecule has 16 heavy (non-hydrogen) atoms. The van der Waals surface area contributed by atoms with E-state index in [0.29, 0.717) is 6.04 Å². The van der Waals surface area contributed by atoms with Crippen molar-refractivity contribution in [2.24, 2.45) is 0 Å². The Balaban J connectivity index is 2.53. The molecule has 0 saturated carbocycles. The van der Waals surface area contributed by atoms with Crippen LogP contribution in [-0.2, 0) is 0 Å². The Morgan fingerprint density at radius 2 is 1.88 bits per heavy atom. The molecule has 1 N–H and O–H groups in total. The normalized spacial score (nSPS) is 11.1. The quantitative estimate of drug-likeness (QED) is 0.825. The molecule has 0 aliphatic carbocycles. The first-order chi connectivity index (χ1) is 7.56. The summed E-state index contributed by atoms with van der Waals surface area (Å²) < 4.78 is 0. The Morgan fingerprint density at radius 3 is 2.56 bits per heavy atom. The summed E-state index contributed by atoms with van der Waals surface area (Å²) in [6.07, 6.45) is 0. The number of benzene rings is 1. The number of nitrogens with zero attached hydrogens (tertiary/aromatic N) is 1. The van der Waals surface area contributed by atoms with E-state index in [1.807, 2.05) is 6.07 Å². The number of fused-ring (bicyclic) bond motifs is 1. The van der Waals surface area contributed by atoms with Gasteiger partial charge in [0.1, 0.15) is 5.82 Å². The predicted molar refractivity (Wildman–Crippen MR) is 70.0 cm³/mol. The van der Waals surface area contributed by atoms with E-state index in [2.05, 4.69) is 56.2 Å². The van der Waals surface area contributed by atoms with Crippen LogP contribution in [0, 0.1) is 13.8 Å². The van der Waals surface area contributed by atoms with E-state index in [-0.39, 0.29) is 0 Å². The molecule has 0 unspecified atom stereocenters. The second kappa shape index (κ2) is 4.12. The van der Waals surface area contributed by atoms with Crippen molar-refractivity contribution in [3.63, 3.8) is 0 Å². The first kappa shape index (κ1) is 10.9. The van der Waals surface area contributed by atoms with Crippen molar-refractivity contribution in [2.75, 3.05) is 5.32 Å². The molecular weight excluding hydrogens is 196 g/mol. The number of aryl methyl sites for hydroxylation is 2. The van der Waals surface area contributed by atoms with E-state index in [4.69, 9.17) is 0 Å². The highest BCUT2D eigenvalue weighted by Crippen LogP contribution is 2.21. The average Bonchev–Trinajstić information content (AvgIpc) is 2.15. The van der Waals surface area contributed by atoms with Crippen molar-refractivity contribution >= 4 is 16.7 Å². The molecule has 0 aliphatic rings. The third kappa shape index (κ3) is 2.16. The molecule has 0 radical (unpaired) electrons. The molecule has 1 aromatic heterocycles. The second-order valence-electron chi connectivity index (χ2n) is 4.64. The highest BCUT2D eigenvalue weighted by molar-refractivity contribution is 5.84. The summed E-state index contributed by atoms with van der Waals surface area (Å²) in [6, 6.07) is 8.93. The maximum absolute atomic E-state index is 4.63. The van der Waals surface area contributed by atoms with E-state index in [9.17, 15) is 0 Å². The zero-order chi connectivity index (χ0) is 11.7. The molecule has 2 aromatic rings. The number of nitrogens with one attached hydrogen (secondary N) is 1. The summed E-state index contributed by atoms with van der Waals surface area (Å²) in [7, 11) is 0. The molecule has 2 nitrogen and oxygen atoms in total. The molecule has 0 atom stereocenters. The summed E-state index contributed by atoms with van der Waals surface area (Å²) in [4.78, 5) is 4.63. The van der Waals surface area contributed by atoms with E-state index in [0.717, 1.165) is 11.3 Å². The Morgan fingerprint density at radius 1 is 1.12 bits per heavy atom. The first-order valence-electron chi connectivity index (χ1n) is 5.71. The molecule has 2 heteroatoms. The maximum Gasteiger partial charge on any atom is 0.126 e. The Kier molecular flexibility index (Phi) is 2.82. The lowest BCUT2D eigenvalue weighted by molar-refractivity contribution is 0.891. The fourth-order valence-electron chi connectivity index (χ4n) is 1.97. The van der Waals surface area contributed by atoms with Crippen LogP contribution >= 0.6 is 0 Å². The zero-order valence-electron chi connectivity index (χ0n) is 10.3. The Hall–Kier alpha value is -1.57. The van der Waals surface area contributed by atoms with Gasteiger partial charge in [0.05, 0.1) is 5.52 Å². The van der Waals surface area contributed by atoms with Gasteiger partial charge in [-0.2, -0.15) is 0 Å². The summed E-state index contributed by atoms with van der Waals surface area (Å²) >= 11 is 0. The Bertz CT molecular complexity index is 515. The molecule has 0 bridgehead atoms. The number of aromatic nitrogens is 1. The van der Waals surface area contributed by atoms with Crippen LogP contribution in [0.3, 0.4) is 0 Å². The van der Waals surface area contributed by atoms with Gasteiger partial charge >= 0.3 is 0 Å². The van der Waals surface area contributed by atoms with Gasteiger partial charge in [-0.05, 0) is 57.0 Å². The molecule has 0 saturated heterocycles. The highest BCUT2D eigenvalue weighted by Gasteiger charge is 2.02. The molecule has 84 valence electrons. The van der Waals surface area contributed by atoms with Crippen molar-refractivity contribution in [2.45, 2.75) is 33.7 Å². The van der Waals surface area contributed by atoms with Crippen LogP contribution in [-0.4, -0.2) is 11.0 Å². The van der Waals surface area contributed by atoms with E-state index >= 15 is 0 Å². The Labute approximate surface area is 96.7 Å². The lowest BCUT2D eigenvalue weighted by atomic mass is 10.1. The van der Waals surface area contributed by atoms with Gasteiger partial charge in [0, 0.05) is 11.4 Å². The summed E-state index contributed by atoms with van der Waals surface area (Å²) in [5.74, 6) is 0.951. The van der Waals surface area contributed by atoms with Crippen LogP contribution < -0.4 is 5.32 Å². The smallest absolute Gasteiger partial charge is 0.126 e. The summed E-state index contributed by atoms with van der Waals surface area (Å²) in [5.41, 5.74) is 3.63. The highest BCUT2D eigenvalue weighted by atomic mass is 15.0. The van der Waals surface area contributed by atoms with Gasteiger partial charge in [0.25, 0.3) is 0 Å². The standard InChI is InChI=1S/C14H18N2/c1-9(2)15-14-6-5-12-11(4)7-10(3)8-13(12)16-14/h5-9H,1-4H3,(H,15,16). The summed E-state index contributed by atoms with van der Waals surface area (Å²) in [6.45, 7) is 8.48. The van der Waals surface area contributed by atoms with Crippen molar-refractivity contribution < 1.29 is 0 Å². The molecule has 1 aromatic carbocycles. The number of pyridine rings is 1. The minimum Gasteiger partial charge on any atom is -0.368 e. The fraction of sp³-hybridized carbons (Fsp3) is 0.357. The zero-order valence-corrected chi connectivity index (χ0v) is 10.3. The predicted octanol–water partition coefficient (Wildman–Crippen LogP) is 3.67. The van der Waals surface area contributed by atoms with Crippen molar-refractivity contribution in [3.8, 4) is 0 Å². The minimum absolute atomic E-state index is 0.413. The molecule has 0 fully saturated rings. The number of hydrogen-bond donors (Lipinski definition) is 1. The van der Waals surface area contributed by atoms with Gasteiger partial charge in [0.15, 0.2) is 0 Å². The van der Waals surface area contributed by atoms with Gasteiger partial charge < -0.3 is 5.32 Å². The molecule has 0 amide bonds. The largest absolute Gasteiger partial charge is 0.368 e. The topological polar surface area (TPSA) is 24.9 Å². The van der Waals surface area contributed by atoms with Crippen LogP contribution in [0.25, 0.3) is 10.9 Å². The second-order valence-corrected chi connectivity index (χ2v) is 4.64. The number of hydrogen-bond acceptors (Lipinski definition) is 2. The third-order valence-corrected chi connectivity index (χ3v) is 2.59. The first-order valence-corrected chi connectivity index (χ1v) is 5.71. The van der Waals surface area contributed by atoms with Crippen LogP contribution in [0.1, 0.15) is 25.0 Å². The lowest BCUT2D eigenvalue weighted by Gasteiger charge is -2.10. The van der Waals surface area contributed by atoms with Gasteiger partial charge in [-0.3, -0.25) is 0 Å². The lowest BCUT2D eigenvalue weighted by Crippen LogP contribution is -2.10. The SMILES string of the molecule is Cc1cc(C)c2ccc(NC(C)C)nc2c1. The van der Waals surface area contributed by atoms with Crippen LogP contribution in [0.2, 0.25) is 0 Å². The fourth-order valence-corrected chi connectivity index (χ4v) is 1.97. The molecule has 1 heterocycles. The third-order valence-electron chi connectivity index (χ3n) is 2.59.